The quantitative estimate of drug-likeness (QED) is 0.722. The highest BCUT2D eigenvalue weighted by Gasteiger charge is 2.24. The summed E-state index contributed by atoms with van der Waals surface area (Å²) < 4.78 is 0. The first kappa shape index (κ1) is 15.6. The zero-order chi connectivity index (χ0) is 15.2. The van der Waals surface area contributed by atoms with E-state index in [0.717, 1.165) is 31.5 Å². The van der Waals surface area contributed by atoms with Crippen molar-refractivity contribution in [1.82, 2.24) is 5.32 Å². The Labute approximate surface area is 126 Å². The molecule has 0 saturated carbocycles. The number of hydrogen-bond acceptors (Lipinski definition) is 4. The summed E-state index contributed by atoms with van der Waals surface area (Å²) in [5.74, 6) is -0.0746. The van der Waals surface area contributed by atoms with E-state index in [1.165, 1.54) is 6.42 Å². The minimum Gasteiger partial charge on any atom is -0.397 e. The number of aliphatic hydroxyl groups is 1. The summed E-state index contributed by atoms with van der Waals surface area (Å²) in [6.45, 7) is 3.61. The second kappa shape index (κ2) is 7.31. The summed E-state index contributed by atoms with van der Waals surface area (Å²) in [7, 11) is 0. The Bertz CT molecular complexity index is 488. The van der Waals surface area contributed by atoms with Gasteiger partial charge < -0.3 is 21.1 Å². The SMILES string of the molecule is CCNC(=O)c1ccc(N)c(N2CCCCC2CCO)c1. The molecule has 1 fully saturated rings. The molecule has 21 heavy (non-hydrogen) atoms. The van der Waals surface area contributed by atoms with Crippen LogP contribution in [0.15, 0.2) is 18.2 Å². The van der Waals surface area contributed by atoms with Crippen LogP contribution in [0.5, 0.6) is 0 Å². The molecule has 0 spiro atoms. The molecule has 5 heteroatoms. The molecule has 0 aromatic heterocycles. The molecular formula is C16H25N3O2. The first-order chi connectivity index (χ1) is 10.2. The van der Waals surface area contributed by atoms with Crippen molar-refractivity contribution in [2.75, 3.05) is 30.3 Å². The molecule has 0 aliphatic carbocycles. The van der Waals surface area contributed by atoms with E-state index < -0.39 is 0 Å². The fourth-order valence-electron chi connectivity index (χ4n) is 2.96. The molecule has 0 radical (unpaired) electrons. The van der Waals surface area contributed by atoms with Crippen LogP contribution in [0, 0.1) is 0 Å². The Morgan fingerprint density at radius 3 is 3.00 bits per heavy atom. The van der Waals surface area contributed by atoms with Gasteiger partial charge in [0, 0.05) is 31.3 Å². The van der Waals surface area contributed by atoms with E-state index >= 15 is 0 Å². The minimum atomic E-state index is -0.0746. The molecule has 5 nitrogen and oxygen atoms in total. The highest BCUT2D eigenvalue weighted by Crippen LogP contribution is 2.31. The number of carbonyl (C=O) groups excluding carboxylic acids is 1. The van der Waals surface area contributed by atoms with Crippen LogP contribution in [0.25, 0.3) is 0 Å². The average molecular weight is 291 g/mol. The Morgan fingerprint density at radius 1 is 1.48 bits per heavy atom. The number of amides is 1. The molecule has 0 bridgehead atoms. The number of nitrogens with zero attached hydrogens (tertiary/aromatic N) is 1. The van der Waals surface area contributed by atoms with E-state index in [-0.39, 0.29) is 12.5 Å². The van der Waals surface area contributed by atoms with Crippen molar-refractivity contribution in [1.29, 1.82) is 0 Å². The monoisotopic (exact) mass is 291 g/mol. The number of carbonyl (C=O) groups is 1. The fraction of sp³-hybridized carbons (Fsp3) is 0.562. The van der Waals surface area contributed by atoms with Crippen molar-refractivity contribution in [2.45, 2.75) is 38.6 Å². The minimum absolute atomic E-state index is 0.0746. The smallest absolute Gasteiger partial charge is 0.251 e. The first-order valence-electron chi connectivity index (χ1n) is 7.72. The number of nitrogens with one attached hydrogen (secondary N) is 1. The molecule has 1 aliphatic heterocycles. The van der Waals surface area contributed by atoms with Crippen LogP contribution in [-0.4, -0.2) is 36.8 Å². The Kier molecular flexibility index (Phi) is 5.44. The lowest BCUT2D eigenvalue weighted by atomic mass is 9.98. The van der Waals surface area contributed by atoms with Gasteiger partial charge in [0.1, 0.15) is 0 Å². The number of hydrogen-bond donors (Lipinski definition) is 3. The number of rotatable bonds is 5. The normalized spacial score (nSPS) is 18.6. The average Bonchev–Trinajstić information content (AvgIpc) is 2.49. The van der Waals surface area contributed by atoms with Gasteiger partial charge in [0.25, 0.3) is 5.91 Å². The molecule has 4 N–H and O–H groups in total. The number of piperidine rings is 1. The Balaban J connectivity index is 2.27. The fourth-order valence-corrected chi connectivity index (χ4v) is 2.96. The lowest BCUT2D eigenvalue weighted by Crippen LogP contribution is -2.40. The summed E-state index contributed by atoms with van der Waals surface area (Å²) in [5, 5.41) is 12.1. The molecule has 1 aromatic rings. The van der Waals surface area contributed by atoms with Crippen LogP contribution in [0.1, 0.15) is 43.0 Å². The van der Waals surface area contributed by atoms with Gasteiger partial charge in [0.2, 0.25) is 0 Å². The lowest BCUT2D eigenvalue weighted by Gasteiger charge is -2.38. The van der Waals surface area contributed by atoms with Crippen molar-refractivity contribution in [3.8, 4) is 0 Å². The first-order valence-corrected chi connectivity index (χ1v) is 7.72. The maximum atomic E-state index is 12.0. The molecule has 1 aliphatic rings. The standard InChI is InChI=1S/C16H25N3O2/c1-2-18-16(21)12-6-7-14(17)15(11-12)19-9-4-3-5-13(19)8-10-20/h6-7,11,13,20H,2-5,8-10,17H2,1H3,(H,18,21). The predicted octanol–water partition coefficient (Wildman–Crippen LogP) is 1.76. The van der Waals surface area contributed by atoms with Crippen LogP contribution in [0.3, 0.4) is 0 Å². The van der Waals surface area contributed by atoms with E-state index in [0.29, 0.717) is 23.8 Å². The Hall–Kier alpha value is -1.75. The van der Waals surface area contributed by atoms with E-state index in [1.54, 1.807) is 12.1 Å². The predicted molar refractivity (Wildman–Crippen MR) is 85.5 cm³/mol. The molecule has 1 heterocycles. The van der Waals surface area contributed by atoms with E-state index in [4.69, 9.17) is 5.73 Å². The van der Waals surface area contributed by atoms with Gasteiger partial charge in [0.05, 0.1) is 11.4 Å². The highest BCUT2D eigenvalue weighted by molar-refractivity contribution is 5.96. The molecule has 1 atom stereocenters. The Morgan fingerprint density at radius 2 is 2.29 bits per heavy atom. The summed E-state index contributed by atoms with van der Waals surface area (Å²) in [6, 6.07) is 5.73. The van der Waals surface area contributed by atoms with E-state index in [1.807, 2.05) is 13.0 Å². The molecule has 1 saturated heterocycles. The van der Waals surface area contributed by atoms with Gasteiger partial charge in [-0.2, -0.15) is 0 Å². The summed E-state index contributed by atoms with van der Waals surface area (Å²) in [5.41, 5.74) is 8.35. The van der Waals surface area contributed by atoms with Gasteiger partial charge >= 0.3 is 0 Å². The second-order valence-corrected chi connectivity index (χ2v) is 5.49. The van der Waals surface area contributed by atoms with Crippen molar-refractivity contribution in [2.24, 2.45) is 0 Å². The number of aliphatic hydroxyl groups excluding tert-OH is 1. The summed E-state index contributed by atoms with van der Waals surface area (Å²) >= 11 is 0. The zero-order valence-electron chi connectivity index (χ0n) is 12.6. The molecular weight excluding hydrogens is 266 g/mol. The number of benzene rings is 1. The van der Waals surface area contributed by atoms with Gasteiger partial charge in [-0.1, -0.05) is 0 Å². The third-order valence-electron chi connectivity index (χ3n) is 4.03. The van der Waals surface area contributed by atoms with Crippen molar-refractivity contribution >= 4 is 17.3 Å². The summed E-state index contributed by atoms with van der Waals surface area (Å²) in [6.07, 6.45) is 4.10. The molecule has 116 valence electrons. The van der Waals surface area contributed by atoms with Gasteiger partial charge in [-0.3, -0.25) is 4.79 Å². The van der Waals surface area contributed by atoms with Gasteiger partial charge in [-0.15, -0.1) is 0 Å². The maximum Gasteiger partial charge on any atom is 0.251 e. The van der Waals surface area contributed by atoms with Gasteiger partial charge in [-0.05, 0) is 50.8 Å². The largest absolute Gasteiger partial charge is 0.397 e. The van der Waals surface area contributed by atoms with Crippen molar-refractivity contribution in [3.63, 3.8) is 0 Å². The number of nitrogens with two attached hydrogens (primary N) is 1. The third kappa shape index (κ3) is 3.67. The van der Waals surface area contributed by atoms with Gasteiger partial charge in [0.15, 0.2) is 0 Å². The second-order valence-electron chi connectivity index (χ2n) is 5.49. The third-order valence-corrected chi connectivity index (χ3v) is 4.03. The van der Waals surface area contributed by atoms with Crippen molar-refractivity contribution in [3.05, 3.63) is 23.8 Å². The van der Waals surface area contributed by atoms with Crippen LogP contribution in [0.4, 0.5) is 11.4 Å². The highest BCUT2D eigenvalue weighted by atomic mass is 16.3. The number of anilines is 2. The van der Waals surface area contributed by atoms with E-state index in [9.17, 15) is 9.90 Å². The van der Waals surface area contributed by atoms with Crippen LogP contribution in [-0.2, 0) is 0 Å². The maximum absolute atomic E-state index is 12.0. The molecule has 1 aromatic carbocycles. The topological polar surface area (TPSA) is 78.6 Å². The van der Waals surface area contributed by atoms with E-state index in [2.05, 4.69) is 10.2 Å². The molecule has 1 amide bonds. The zero-order valence-corrected chi connectivity index (χ0v) is 12.6. The van der Waals surface area contributed by atoms with Crippen molar-refractivity contribution < 1.29 is 9.90 Å². The van der Waals surface area contributed by atoms with Crippen LogP contribution < -0.4 is 16.0 Å². The van der Waals surface area contributed by atoms with Gasteiger partial charge in [-0.25, -0.2) is 0 Å². The van der Waals surface area contributed by atoms with Crippen LogP contribution >= 0.6 is 0 Å². The van der Waals surface area contributed by atoms with Crippen LogP contribution in [0.2, 0.25) is 0 Å². The molecule has 2 rings (SSSR count). The molecule has 1 unspecified atom stereocenters. The summed E-state index contributed by atoms with van der Waals surface area (Å²) in [4.78, 5) is 14.2. The number of nitrogen functional groups attached to an aromatic ring is 1. The lowest BCUT2D eigenvalue weighted by molar-refractivity contribution is 0.0956.